The lowest BCUT2D eigenvalue weighted by Gasteiger charge is -2.30. The molecule has 0 aliphatic carbocycles. The maximum atomic E-state index is 13.9. The van der Waals surface area contributed by atoms with E-state index in [0.717, 1.165) is 31.5 Å². The molecule has 1 aliphatic heterocycles. The van der Waals surface area contributed by atoms with Crippen LogP contribution in [0.15, 0.2) is 48.5 Å². The number of aromatic nitrogens is 4. The molecular formula is C24H25FN6O. The molecule has 0 amide bonds. The Bertz CT molecular complexity index is 1280. The van der Waals surface area contributed by atoms with Crippen LogP contribution in [0.3, 0.4) is 0 Å². The summed E-state index contributed by atoms with van der Waals surface area (Å²) >= 11 is 0. The number of ether oxygens (including phenoxy) is 1. The SMILES string of the molecule is COc1ccccc1-c1nc(N2CCC(C)CC2)nc2nn(-c3cccc(F)c3)c(N)c12. The van der Waals surface area contributed by atoms with Crippen molar-refractivity contribution in [3.8, 4) is 22.7 Å². The van der Waals surface area contributed by atoms with Gasteiger partial charge in [0.1, 0.15) is 17.4 Å². The summed E-state index contributed by atoms with van der Waals surface area (Å²) in [7, 11) is 1.63. The molecule has 0 radical (unpaired) electrons. The summed E-state index contributed by atoms with van der Waals surface area (Å²) in [6.45, 7) is 4.04. The first-order chi connectivity index (χ1) is 15.5. The Morgan fingerprint density at radius 2 is 1.84 bits per heavy atom. The number of benzene rings is 2. The third-order valence-corrected chi connectivity index (χ3v) is 6.04. The summed E-state index contributed by atoms with van der Waals surface area (Å²) in [5.74, 6) is 1.98. The number of methoxy groups -OCH3 is 1. The molecule has 0 unspecified atom stereocenters. The van der Waals surface area contributed by atoms with E-state index in [9.17, 15) is 4.39 Å². The predicted octanol–water partition coefficient (Wildman–Crippen LogP) is 4.45. The number of rotatable bonds is 4. The van der Waals surface area contributed by atoms with Crippen LogP contribution in [0.5, 0.6) is 5.75 Å². The second-order valence-electron chi connectivity index (χ2n) is 8.22. The summed E-state index contributed by atoms with van der Waals surface area (Å²) in [5.41, 5.74) is 9.00. The number of nitrogens with zero attached hydrogens (tertiary/aromatic N) is 5. The van der Waals surface area contributed by atoms with Crippen molar-refractivity contribution in [3.63, 3.8) is 0 Å². The zero-order valence-corrected chi connectivity index (χ0v) is 18.1. The van der Waals surface area contributed by atoms with Crippen LogP contribution in [0.4, 0.5) is 16.2 Å². The van der Waals surface area contributed by atoms with Crippen LogP contribution in [-0.4, -0.2) is 39.9 Å². The monoisotopic (exact) mass is 432 g/mol. The van der Waals surface area contributed by atoms with Gasteiger partial charge in [0.25, 0.3) is 0 Å². The molecule has 1 fully saturated rings. The van der Waals surface area contributed by atoms with Crippen molar-refractivity contribution in [1.29, 1.82) is 0 Å². The van der Waals surface area contributed by atoms with Crippen LogP contribution in [0, 0.1) is 11.7 Å². The van der Waals surface area contributed by atoms with Crippen molar-refractivity contribution in [2.45, 2.75) is 19.8 Å². The molecule has 1 aliphatic rings. The number of hydrogen-bond donors (Lipinski definition) is 1. The van der Waals surface area contributed by atoms with Crippen LogP contribution in [0.2, 0.25) is 0 Å². The minimum atomic E-state index is -0.361. The predicted molar refractivity (Wildman–Crippen MR) is 124 cm³/mol. The van der Waals surface area contributed by atoms with E-state index >= 15 is 0 Å². The van der Waals surface area contributed by atoms with Crippen LogP contribution in [0.25, 0.3) is 28.0 Å². The van der Waals surface area contributed by atoms with Crippen LogP contribution in [-0.2, 0) is 0 Å². The van der Waals surface area contributed by atoms with Gasteiger partial charge in [0, 0.05) is 18.7 Å². The molecule has 0 spiro atoms. The quantitative estimate of drug-likeness (QED) is 0.513. The highest BCUT2D eigenvalue weighted by Crippen LogP contribution is 2.38. The summed E-state index contributed by atoms with van der Waals surface area (Å²) in [4.78, 5) is 11.9. The normalized spacial score (nSPS) is 14.8. The molecule has 0 bridgehead atoms. The number of fused-ring (bicyclic) bond motifs is 1. The highest BCUT2D eigenvalue weighted by atomic mass is 19.1. The largest absolute Gasteiger partial charge is 0.496 e. The lowest BCUT2D eigenvalue weighted by Crippen LogP contribution is -2.34. The van der Waals surface area contributed by atoms with E-state index in [0.29, 0.717) is 45.8 Å². The maximum absolute atomic E-state index is 13.9. The summed E-state index contributed by atoms with van der Waals surface area (Å²) < 4.78 is 21.0. The van der Waals surface area contributed by atoms with Gasteiger partial charge in [0.05, 0.1) is 23.9 Å². The second kappa shape index (κ2) is 8.11. The Morgan fingerprint density at radius 3 is 2.59 bits per heavy atom. The van der Waals surface area contributed by atoms with Gasteiger partial charge < -0.3 is 15.4 Å². The van der Waals surface area contributed by atoms with Gasteiger partial charge in [0.2, 0.25) is 5.95 Å². The van der Waals surface area contributed by atoms with Crippen LogP contribution >= 0.6 is 0 Å². The summed E-state index contributed by atoms with van der Waals surface area (Å²) in [5, 5.41) is 5.26. The fraction of sp³-hybridized carbons (Fsp3) is 0.292. The molecular weight excluding hydrogens is 407 g/mol. The molecule has 7 nitrogen and oxygen atoms in total. The minimum Gasteiger partial charge on any atom is -0.496 e. The number of para-hydroxylation sites is 1. The Hall–Kier alpha value is -3.68. The molecule has 2 N–H and O–H groups in total. The molecule has 5 rings (SSSR count). The van der Waals surface area contributed by atoms with Crippen LogP contribution in [0.1, 0.15) is 19.8 Å². The minimum absolute atomic E-state index is 0.352. The van der Waals surface area contributed by atoms with Crippen molar-refractivity contribution in [1.82, 2.24) is 19.7 Å². The average molecular weight is 433 g/mol. The maximum Gasteiger partial charge on any atom is 0.228 e. The van der Waals surface area contributed by atoms with E-state index < -0.39 is 0 Å². The van der Waals surface area contributed by atoms with Gasteiger partial charge >= 0.3 is 0 Å². The fourth-order valence-electron chi connectivity index (χ4n) is 4.19. The Labute approximate surface area is 185 Å². The van der Waals surface area contributed by atoms with E-state index in [4.69, 9.17) is 20.4 Å². The average Bonchev–Trinajstić information content (AvgIpc) is 3.15. The zero-order valence-electron chi connectivity index (χ0n) is 18.1. The second-order valence-corrected chi connectivity index (χ2v) is 8.22. The molecule has 0 atom stereocenters. The Balaban J connectivity index is 1.75. The zero-order chi connectivity index (χ0) is 22.2. The first kappa shape index (κ1) is 20.2. The van der Waals surface area contributed by atoms with Gasteiger partial charge in [-0.15, -0.1) is 5.10 Å². The van der Waals surface area contributed by atoms with Crippen molar-refractivity contribution >= 4 is 22.8 Å². The van der Waals surface area contributed by atoms with E-state index in [1.54, 1.807) is 19.2 Å². The molecule has 4 aromatic rings. The summed E-state index contributed by atoms with van der Waals surface area (Å²) in [6.07, 6.45) is 2.18. The van der Waals surface area contributed by atoms with Crippen molar-refractivity contribution in [2.75, 3.05) is 30.8 Å². The lowest BCUT2D eigenvalue weighted by atomic mass is 9.99. The van der Waals surface area contributed by atoms with Gasteiger partial charge in [-0.3, -0.25) is 0 Å². The van der Waals surface area contributed by atoms with E-state index in [-0.39, 0.29) is 5.82 Å². The number of nitrogens with two attached hydrogens (primary N) is 1. The number of anilines is 2. The molecule has 0 saturated carbocycles. The Morgan fingerprint density at radius 1 is 1.06 bits per heavy atom. The third-order valence-electron chi connectivity index (χ3n) is 6.04. The molecule has 32 heavy (non-hydrogen) atoms. The number of nitrogen functional groups attached to an aromatic ring is 1. The number of hydrogen-bond acceptors (Lipinski definition) is 6. The highest BCUT2D eigenvalue weighted by Gasteiger charge is 2.24. The van der Waals surface area contributed by atoms with Gasteiger partial charge in [0.15, 0.2) is 5.65 Å². The highest BCUT2D eigenvalue weighted by molar-refractivity contribution is 6.00. The standard InChI is InChI=1S/C24H25FN6O/c1-15-10-12-30(13-11-15)24-27-21(18-8-3-4-9-19(18)32-2)20-22(26)31(29-23(20)28-24)17-7-5-6-16(25)14-17/h3-9,14-15H,10-13,26H2,1-2H3. The first-order valence-electron chi connectivity index (χ1n) is 10.8. The molecule has 2 aromatic carbocycles. The molecule has 3 heterocycles. The number of halogens is 1. The van der Waals surface area contributed by atoms with Gasteiger partial charge in [-0.1, -0.05) is 25.1 Å². The van der Waals surface area contributed by atoms with Crippen molar-refractivity contribution < 1.29 is 9.13 Å². The summed E-state index contributed by atoms with van der Waals surface area (Å²) in [6, 6.07) is 13.8. The molecule has 8 heteroatoms. The van der Waals surface area contributed by atoms with E-state index in [1.165, 1.54) is 16.8 Å². The molecule has 1 saturated heterocycles. The van der Waals surface area contributed by atoms with E-state index in [2.05, 4.69) is 16.9 Å². The smallest absolute Gasteiger partial charge is 0.228 e. The van der Waals surface area contributed by atoms with Crippen molar-refractivity contribution in [3.05, 3.63) is 54.3 Å². The molecule has 164 valence electrons. The van der Waals surface area contributed by atoms with Crippen molar-refractivity contribution in [2.24, 2.45) is 5.92 Å². The lowest BCUT2D eigenvalue weighted by molar-refractivity contribution is 0.416. The van der Waals surface area contributed by atoms with Gasteiger partial charge in [-0.2, -0.15) is 4.98 Å². The number of piperidine rings is 1. The first-order valence-corrected chi connectivity index (χ1v) is 10.8. The fourth-order valence-corrected chi connectivity index (χ4v) is 4.19. The van der Waals surface area contributed by atoms with Gasteiger partial charge in [-0.05, 0) is 49.1 Å². The van der Waals surface area contributed by atoms with E-state index in [1.807, 2.05) is 24.3 Å². The van der Waals surface area contributed by atoms with Gasteiger partial charge in [-0.25, -0.2) is 14.1 Å². The Kier molecular flexibility index (Phi) is 5.13. The third kappa shape index (κ3) is 3.51. The van der Waals surface area contributed by atoms with Crippen LogP contribution < -0.4 is 15.4 Å². The topological polar surface area (TPSA) is 82.1 Å². The molecule has 2 aromatic heterocycles.